The molecule has 1 fully saturated rings. The Morgan fingerprint density at radius 2 is 2.23 bits per heavy atom. The molecule has 2 aromatic rings. The summed E-state index contributed by atoms with van der Waals surface area (Å²) in [6, 6.07) is 6.51. The maximum absolute atomic E-state index is 5.93. The first-order valence-corrected chi connectivity index (χ1v) is 8.39. The van der Waals surface area contributed by atoms with Crippen molar-refractivity contribution in [3.8, 4) is 0 Å². The van der Waals surface area contributed by atoms with Gasteiger partial charge in [-0.05, 0) is 42.7 Å². The molecule has 1 saturated carbocycles. The maximum Gasteiger partial charge on any atom is 0.188 e. The Labute approximate surface area is 132 Å². The second-order valence-corrected chi connectivity index (χ2v) is 6.21. The average molecular weight is 298 g/mol. The van der Waals surface area contributed by atoms with Crippen LogP contribution in [0.3, 0.4) is 0 Å². The zero-order valence-electron chi connectivity index (χ0n) is 13.4. The third-order valence-electron chi connectivity index (χ3n) is 4.71. The molecule has 4 N–H and O–H groups in total. The van der Waals surface area contributed by atoms with Gasteiger partial charge in [-0.15, -0.1) is 0 Å². The number of rotatable bonds is 6. The molecule has 0 unspecified atom stereocenters. The lowest BCUT2D eigenvalue weighted by Crippen LogP contribution is -2.34. The molecule has 4 nitrogen and oxygen atoms in total. The summed E-state index contributed by atoms with van der Waals surface area (Å²) < 4.78 is 0. The van der Waals surface area contributed by atoms with Crippen LogP contribution in [0.15, 0.2) is 29.4 Å². The number of nitrogens with two attached hydrogens (primary N) is 1. The molecular formula is C18H26N4. The zero-order valence-corrected chi connectivity index (χ0v) is 13.4. The zero-order chi connectivity index (χ0) is 15.4. The van der Waals surface area contributed by atoms with Gasteiger partial charge in [-0.3, -0.25) is 4.99 Å². The van der Waals surface area contributed by atoms with Crippen LogP contribution in [0.2, 0.25) is 0 Å². The highest BCUT2D eigenvalue weighted by atomic mass is 15.1. The monoisotopic (exact) mass is 298 g/mol. The van der Waals surface area contributed by atoms with E-state index in [0.29, 0.717) is 5.96 Å². The summed E-state index contributed by atoms with van der Waals surface area (Å²) in [6.07, 6.45) is 8.10. The van der Waals surface area contributed by atoms with Crippen molar-refractivity contribution in [3.05, 3.63) is 35.5 Å². The van der Waals surface area contributed by atoms with Gasteiger partial charge < -0.3 is 16.0 Å². The van der Waals surface area contributed by atoms with E-state index in [9.17, 15) is 0 Å². The Kier molecular flexibility index (Phi) is 4.66. The third kappa shape index (κ3) is 3.26. The van der Waals surface area contributed by atoms with Crippen molar-refractivity contribution in [1.82, 2.24) is 10.3 Å². The number of nitrogens with one attached hydrogen (secondary N) is 2. The van der Waals surface area contributed by atoms with Gasteiger partial charge in [-0.1, -0.05) is 31.5 Å². The van der Waals surface area contributed by atoms with Gasteiger partial charge in [0.2, 0.25) is 0 Å². The van der Waals surface area contributed by atoms with Crippen LogP contribution in [-0.2, 0) is 12.8 Å². The first kappa shape index (κ1) is 14.9. The molecule has 4 heteroatoms. The summed E-state index contributed by atoms with van der Waals surface area (Å²) in [5, 5.41) is 4.56. The van der Waals surface area contributed by atoms with E-state index in [1.54, 1.807) is 0 Å². The van der Waals surface area contributed by atoms with Gasteiger partial charge in [0.25, 0.3) is 0 Å². The molecule has 1 aliphatic carbocycles. The first-order chi connectivity index (χ1) is 10.8. The molecule has 0 saturated heterocycles. The van der Waals surface area contributed by atoms with E-state index in [0.717, 1.165) is 31.8 Å². The number of benzene rings is 1. The van der Waals surface area contributed by atoms with E-state index in [1.165, 1.54) is 41.3 Å². The number of hydrogen-bond donors (Lipinski definition) is 3. The van der Waals surface area contributed by atoms with Crippen LogP contribution in [-0.4, -0.2) is 24.0 Å². The third-order valence-corrected chi connectivity index (χ3v) is 4.71. The van der Waals surface area contributed by atoms with Gasteiger partial charge in [0, 0.05) is 30.2 Å². The minimum absolute atomic E-state index is 0.584. The van der Waals surface area contributed by atoms with Gasteiger partial charge >= 0.3 is 0 Å². The Balaban J connectivity index is 1.55. The van der Waals surface area contributed by atoms with Crippen molar-refractivity contribution in [1.29, 1.82) is 0 Å². The lowest BCUT2D eigenvalue weighted by molar-refractivity contribution is 0.326. The van der Waals surface area contributed by atoms with Gasteiger partial charge in [-0.2, -0.15) is 0 Å². The Morgan fingerprint density at radius 1 is 1.36 bits per heavy atom. The normalized spacial score (nSPS) is 16.0. The SMILES string of the molecule is CCc1cccc2c(CCNC(N)=NCC3CCC3)c[nH]c12. The van der Waals surface area contributed by atoms with E-state index in [4.69, 9.17) is 5.73 Å². The highest BCUT2D eigenvalue weighted by Crippen LogP contribution is 2.26. The second kappa shape index (κ2) is 6.86. The lowest BCUT2D eigenvalue weighted by atomic mass is 9.86. The fraction of sp³-hybridized carbons (Fsp3) is 0.500. The van der Waals surface area contributed by atoms with Crippen molar-refractivity contribution in [2.24, 2.45) is 16.6 Å². The van der Waals surface area contributed by atoms with E-state index >= 15 is 0 Å². The predicted molar refractivity (Wildman–Crippen MR) is 93.2 cm³/mol. The number of aromatic nitrogens is 1. The predicted octanol–water partition coefficient (Wildman–Crippen LogP) is 2.98. The summed E-state index contributed by atoms with van der Waals surface area (Å²) in [6.45, 7) is 3.89. The summed E-state index contributed by atoms with van der Waals surface area (Å²) in [5.41, 5.74) is 9.91. The van der Waals surface area contributed by atoms with Gasteiger partial charge in [0.1, 0.15) is 0 Å². The fourth-order valence-corrected chi connectivity index (χ4v) is 3.06. The Hall–Kier alpha value is -1.97. The molecule has 3 rings (SSSR count). The molecule has 1 aromatic heterocycles. The fourth-order valence-electron chi connectivity index (χ4n) is 3.06. The molecule has 1 aromatic carbocycles. The van der Waals surface area contributed by atoms with Crippen LogP contribution in [0, 0.1) is 5.92 Å². The maximum atomic E-state index is 5.93. The van der Waals surface area contributed by atoms with Crippen molar-refractivity contribution in [2.75, 3.05) is 13.1 Å². The Morgan fingerprint density at radius 3 is 2.95 bits per heavy atom. The van der Waals surface area contributed by atoms with Gasteiger partial charge in [0.15, 0.2) is 5.96 Å². The summed E-state index contributed by atoms with van der Waals surface area (Å²) in [7, 11) is 0. The molecule has 0 spiro atoms. The van der Waals surface area contributed by atoms with Crippen molar-refractivity contribution < 1.29 is 0 Å². The lowest BCUT2D eigenvalue weighted by Gasteiger charge is -2.23. The molecule has 0 aliphatic heterocycles. The van der Waals surface area contributed by atoms with Crippen LogP contribution >= 0.6 is 0 Å². The van der Waals surface area contributed by atoms with Crippen LogP contribution in [0.4, 0.5) is 0 Å². The van der Waals surface area contributed by atoms with E-state index in [-0.39, 0.29) is 0 Å². The molecule has 22 heavy (non-hydrogen) atoms. The van der Waals surface area contributed by atoms with E-state index in [2.05, 4.69) is 46.6 Å². The quantitative estimate of drug-likeness (QED) is 0.567. The van der Waals surface area contributed by atoms with Crippen molar-refractivity contribution >= 4 is 16.9 Å². The van der Waals surface area contributed by atoms with E-state index < -0.39 is 0 Å². The van der Waals surface area contributed by atoms with Crippen molar-refractivity contribution in [2.45, 2.75) is 39.0 Å². The highest BCUT2D eigenvalue weighted by molar-refractivity contribution is 5.86. The number of guanidine groups is 1. The standard InChI is InChI=1S/C18H26N4/c1-2-14-7-4-8-16-15(12-21-17(14)16)9-10-20-18(19)22-11-13-5-3-6-13/h4,7-8,12-13,21H,2-3,5-6,9-11H2,1H3,(H3,19,20,22). The number of nitrogens with zero attached hydrogens (tertiary/aromatic N) is 1. The average Bonchev–Trinajstić information content (AvgIpc) is 2.89. The van der Waals surface area contributed by atoms with Crippen LogP contribution in [0.25, 0.3) is 10.9 Å². The number of aliphatic imine (C=N–C) groups is 1. The smallest absolute Gasteiger partial charge is 0.188 e. The molecule has 0 bridgehead atoms. The summed E-state index contributed by atoms with van der Waals surface area (Å²) >= 11 is 0. The molecule has 0 atom stereocenters. The van der Waals surface area contributed by atoms with Crippen LogP contribution in [0.5, 0.6) is 0 Å². The minimum Gasteiger partial charge on any atom is -0.370 e. The van der Waals surface area contributed by atoms with Crippen LogP contribution in [0.1, 0.15) is 37.3 Å². The van der Waals surface area contributed by atoms with E-state index in [1.807, 2.05) is 0 Å². The number of hydrogen-bond acceptors (Lipinski definition) is 1. The number of para-hydroxylation sites is 1. The highest BCUT2D eigenvalue weighted by Gasteiger charge is 2.16. The van der Waals surface area contributed by atoms with Crippen molar-refractivity contribution in [3.63, 3.8) is 0 Å². The topological polar surface area (TPSA) is 66.2 Å². The largest absolute Gasteiger partial charge is 0.370 e. The second-order valence-electron chi connectivity index (χ2n) is 6.21. The molecule has 118 valence electrons. The molecule has 0 amide bonds. The van der Waals surface area contributed by atoms with Gasteiger partial charge in [-0.25, -0.2) is 0 Å². The summed E-state index contributed by atoms with van der Waals surface area (Å²) in [5.74, 6) is 1.35. The molecule has 1 heterocycles. The van der Waals surface area contributed by atoms with Gasteiger partial charge in [0.05, 0.1) is 0 Å². The molecular weight excluding hydrogens is 272 g/mol. The number of H-pyrrole nitrogens is 1. The number of aromatic amines is 1. The van der Waals surface area contributed by atoms with Crippen LogP contribution < -0.4 is 11.1 Å². The number of aryl methyl sites for hydroxylation is 1. The molecule has 0 radical (unpaired) electrons. The minimum atomic E-state index is 0.584. The molecule has 1 aliphatic rings. The Bertz CT molecular complexity index is 652. The number of fused-ring (bicyclic) bond motifs is 1. The first-order valence-electron chi connectivity index (χ1n) is 8.39. The summed E-state index contributed by atoms with van der Waals surface area (Å²) in [4.78, 5) is 7.84.